The smallest absolute Gasteiger partial charge is 0.326 e. The summed E-state index contributed by atoms with van der Waals surface area (Å²) >= 11 is 0. The van der Waals surface area contributed by atoms with Crippen LogP contribution in [-0.4, -0.2) is 49.4 Å². The van der Waals surface area contributed by atoms with Gasteiger partial charge in [-0.1, -0.05) is 24.3 Å². The molecule has 2 aromatic rings. The van der Waals surface area contributed by atoms with Crippen LogP contribution in [-0.2, 0) is 19.6 Å². The van der Waals surface area contributed by atoms with E-state index >= 15 is 0 Å². The third-order valence-electron chi connectivity index (χ3n) is 4.82. The monoisotopic (exact) mass is 360 g/mol. The van der Waals surface area contributed by atoms with E-state index in [0.717, 1.165) is 9.69 Å². The molecule has 0 aromatic heterocycles. The summed E-state index contributed by atoms with van der Waals surface area (Å²) in [6, 6.07) is 9.38. The van der Waals surface area contributed by atoms with Crippen LogP contribution in [0.1, 0.15) is 12.8 Å². The van der Waals surface area contributed by atoms with E-state index in [1.807, 2.05) is 12.1 Å². The molecule has 7 nitrogen and oxygen atoms in total. The van der Waals surface area contributed by atoms with Crippen LogP contribution in [0.5, 0.6) is 0 Å². The molecule has 1 saturated heterocycles. The first-order chi connectivity index (χ1) is 11.9. The number of benzene rings is 2. The lowest BCUT2D eigenvalue weighted by Crippen LogP contribution is -2.46. The lowest BCUT2D eigenvalue weighted by atomic mass is 10.1. The molecular formula is C17H16N2O5S. The Labute approximate surface area is 144 Å². The van der Waals surface area contributed by atoms with Crippen molar-refractivity contribution in [2.45, 2.75) is 23.8 Å². The summed E-state index contributed by atoms with van der Waals surface area (Å²) in [7, 11) is -3.82. The zero-order chi connectivity index (χ0) is 17.8. The number of carboxylic acids is 1. The second-order valence-electron chi connectivity index (χ2n) is 6.23. The van der Waals surface area contributed by atoms with E-state index in [1.165, 1.54) is 11.0 Å². The van der Waals surface area contributed by atoms with E-state index in [0.29, 0.717) is 30.5 Å². The van der Waals surface area contributed by atoms with E-state index in [-0.39, 0.29) is 11.4 Å². The molecule has 0 bridgehead atoms. The van der Waals surface area contributed by atoms with Crippen molar-refractivity contribution < 1.29 is 23.1 Å². The normalized spacial score (nSPS) is 21.0. The van der Waals surface area contributed by atoms with Crippen LogP contribution in [0.2, 0.25) is 0 Å². The van der Waals surface area contributed by atoms with E-state index in [2.05, 4.69) is 0 Å². The van der Waals surface area contributed by atoms with Crippen molar-refractivity contribution in [1.82, 2.24) is 4.90 Å². The van der Waals surface area contributed by atoms with Crippen molar-refractivity contribution in [3.63, 3.8) is 0 Å². The zero-order valence-corrected chi connectivity index (χ0v) is 14.1. The highest BCUT2D eigenvalue weighted by atomic mass is 32.2. The van der Waals surface area contributed by atoms with Crippen LogP contribution in [0.3, 0.4) is 0 Å². The summed E-state index contributed by atoms with van der Waals surface area (Å²) in [5.74, 6) is -1.54. The number of hydrogen-bond donors (Lipinski definition) is 1. The molecule has 0 spiro atoms. The molecule has 1 unspecified atom stereocenters. The van der Waals surface area contributed by atoms with Gasteiger partial charge in [0.1, 0.15) is 12.6 Å². The van der Waals surface area contributed by atoms with Gasteiger partial charge in [0.2, 0.25) is 5.91 Å². The summed E-state index contributed by atoms with van der Waals surface area (Å²) in [6.07, 6.45) is 0.995. The minimum absolute atomic E-state index is 0.185. The molecule has 25 heavy (non-hydrogen) atoms. The highest BCUT2D eigenvalue weighted by molar-refractivity contribution is 7.93. The molecule has 2 aromatic carbocycles. The first-order valence-corrected chi connectivity index (χ1v) is 9.42. The molecule has 1 N–H and O–H groups in total. The fourth-order valence-electron chi connectivity index (χ4n) is 3.66. The van der Waals surface area contributed by atoms with E-state index in [4.69, 9.17) is 0 Å². The highest BCUT2D eigenvalue weighted by Gasteiger charge is 2.40. The van der Waals surface area contributed by atoms with Gasteiger partial charge in [-0.3, -0.25) is 9.10 Å². The predicted molar refractivity (Wildman–Crippen MR) is 90.9 cm³/mol. The van der Waals surface area contributed by atoms with Crippen molar-refractivity contribution in [1.29, 1.82) is 0 Å². The van der Waals surface area contributed by atoms with Gasteiger partial charge in [-0.15, -0.1) is 0 Å². The van der Waals surface area contributed by atoms with Crippen molar-refractivity contribution in [3.8, 4) is 0 Å². The second-order valence-corrected chi connectivity index (χ2v) is 8.06. The number of amides is 1. The van der Waals surface area contributed by atoms with Gasteiger partial charge < -0.3 is 10.0 Å². The number of rotatable bonds is 3. The summed E-state index contributed by atoms with van der Waals surface area (Å²) in [5.41, 5.74) is 0.465. The Kier molecular flexibility index (Phi) is 3.47. The molecular weight excluding hydrogens is 344 g/mol. The van der Waals surface area contributed by atoms with Gasteiger partial charge >= 0.3 is 5.97 Å². The Balaban J connectivity index is 1.72. The summed E-state index contributed by atoms with van der Waals surface area (Å²) in [5, 5.41) is 10.6. The number of likely N-dealkylation sites (tertiary alicyclic amines) is 1. The molecule has 130 valence electrons. The Bertz CT molecular complexity index is 996. The fraction of sp³-hybridized carbons (Fsp3) is 0.294. The number of aliphatic carboxylic acids is 1. The summed E-state index contributed by atoms with van der Waals surface area (Å²) in [4.78, 5) is 25.4. The molecule has 2 aliphatic rings. The summed E-state index contributed by atoms with van der Waals surface area (Å²) in [6.45, 7) is -0.0548. The molecule has 2 aliphatic heterocycles. The minimum atomic E-state index is -3.82. The number of sulfonamides is 1. The van der Waals surface area contributed by atoms with Gasteiger partial charge in [-0.25, -0.2) is 13.2 Å². The lowest BCUT2D eigenvalue weighted by Gasteiger charge is -2.25. The Morgan fingerprint density at radius 3 is 2.60 bits per heavy atom. The molecule has 0 aliphatic carbocycles. The van der Waals surface area contributed by atoms with Crippen molar-refractivity contribution in [3.05, 3.63) is 36.4 Å². The molecule has 1 amide bonds. The van der Waals surface area contributed by atoms with E-state index in [9.17, 15) is 23.1 Å². The summed E-state index contributed by atoms with van der Waals surface area (Å²) < 4.78 is 26.8. The largest absolute Gasteiger partial charge is 0.480 e. The van der Waals surface area contributed by atoms with Crippen molar-refractivity contribution in [2.24, 2.45) is 0 Å². The highest BCUT2D eigenvalue weighted by Crippen LogP contribution is 2.41. The molecule has 2 heterocycles. The predicted octanol–water partition coefficient (Wildman–Crippen LogP) is 1.42. The minimum Gasteiger partial charge on any atom is -0.480 e. The van der Waals surface area contributed by atoms with Gasteiger partial charge in [0.15, 0.2) is 0 Å². The molecule has 1 fully saturated rings. The lowest BCUT2D eigenvalue weighted by molar-refractivity contribution is -0.147. The Hall–Kier alpha value is -2.61. The Morgan fingerprint density at radius 1 is 1.16 bits per heavy atom. The quantitative estimate of drug-likeness (QED) is 0.893. The van der Waals surface area contributed by atoms with E-state index in [1.54, 1.807) is 18.2 Å². The maximum absolute atomic E-state index is 12.9. The number of carboxylic acid groups (broad SMARTS) is 1. The van der Waals surface area contributed by atoms with Gasteiger partial charge in [-0.05, 0) is 30.4 Å². The zero-order valence-electron chi connectivity index (χ0n) is 13.3. The Morgan fingerprint density at radius 2 is 1.88 bits per heavy atom. The molecule has 0 saturated carbocycles. The number of carbonyl (C=O) groups excluding carboxylic acids is 1. The van der Waals surface area contributed by atoms with Crippen LogP contribution in [0.15, 0.2) is 41.3 Å². The number of carbonyl (C=O) groups is 2. The molecule has 4 rings (SSSR count). The number of anilines is 1. The SMILES string of the molecule is O=C(O)C1CCCN1C(=O)CN1c2cccc3cccc(c23)S1(=O)=O. The van der Waals surface area contributed by atoms with Gasteiger partial charge in [-0.2, -0.15) is 0 Å². The standard InChI is InChI=1S/C17H16N2O5S/c20-15(18-9-3-7-13(18)17(21)22)10-19-12-6-1-4-11-5-2-8-14(16(11)12)25(19,23)24/h1-2,4-6,8,13H,3,7,9-10H2,(H,21,22). The third-order valence-corrected chi connectivity index (χ3v) is 6.62. The first-order valence-electron chi connectivity index (χ1n) is 7.98. The fourth-order valence-corrected chi connectivity index (χ4v) is 5.32. The molecule has 8 heteroatoms. The molecule has 1 atom stereocenters. The maximum Gasteiger partial charge on any atom is 0.326 e. The van der Waals surface area contributed by atoms with Gasteiger partial charge in [0.05, 0.1) is 10.6 Å². The van der Waals surface area contributed by atoms with Crippen molar-refractivity contribution in [2.75, 3.05) is 17.4 Å². The molecule has 0 radical (unpaired) electrons. The average molecular weight is 360 g/mol. The van der Waals surface area contributed by atoms with Crippen LogP contribution >= 0.6 is 0 Å². The van der Waals surface area contributed by atoms with Crippen LogP contribution in [0, 0.1) is 0 Å². The van der Waals surface area contributed by atoms with Crippen LogP contribution in [0.25, 0.3) is 10.8 Å². The van der Waals surface area contributed by atoms with Crippen LogP contribution in [0.4, 0.5) is 5.69 Å². The maximum atomic E-state index is 12.9. The van der Waals surface area contributed by atoms with Crippen molar-refractivity contribution >= 4 is 38.4 Å². The van der Waals surface area contributed by atoms with E-state index < -0.39 is 27.9 Å². The third kappa shape index (κ3) is 2.28. The average Bonchev–Trinajstić information content (AvgIpc) is 3.15. The number of nitrogens with zero attached hydrogens (tertiary/aromatic N) is 2. The second kappa shape index (κ2) is 5.45. The topological polar surface area (TPSA) is 95.0 Å². The first kappa shape index (κ1) is 15.9. The van der Waals surface area contributed by atoms with Gasteiger partial charge in [0.25, 0.3) is 10.0 Å². The van der Waals surface area contributed by atoms with Gasteiger partial charge in [0, 0.05) is 11.9 Å². The number of hydrogen-bond acceptors (Lipinski definition) is 4. The van der Waals surface area contributed by atoms with Crippen LogP contribution < -0.4 is 4.31 Å².